The van der Waals surface area contributed by atoms with Crippen LogP contribution in [0.15, 0.2) is 40.9 Å². The van der Waals surface area contributed by atoms with Crippen LogP contribution in [0.2, 0.25) is 0 Å². The Morgan fingerprint density at radius 3 is 2.81 bits per heavy atom. The van der Waals surface area contributed by atoms with Gasteiger partial charge in [0.15, 0.2) is 0 Å². The fourth-order valence-electron chi connectivity index (χ4n) is 2.97. The summed E-state index contributed by atoms with van der Waals surface area (Å²) in [6, 6.07) is 11.9. The molecule has 3 nitrogen and oxygen atoms in total. The molecular weight excluding hydrogens is 330 g/mol. The van der Waals surface area contributed by atoms with Gasteiger partial charge in [0.25, 0.3) is 5.91 Å². The summed E-state index contributed by atoms with van der Waals surface area (Å²) in [4.78, 5) is 14.5. The Hall–Kier alpha value is -1.39. The van der Waals surface area contributed by atoms with Crippen molar-refractivity contribution in [3.05, 3.63) is 46.4 Å². The predicted molar refractivity (Wildman–Crippen MR) is 87.4 cm³/mol. The van der Waals surface area contributed by atoms with E-state index in [1.165, 1.54) is 0 Å². The number of hydrogen-bond donors (Lipinski definition) is 1. The zero-order valence-corrected chi connectivity index (χ0v) is 13.3. The van der Waals surface area contributed by atoms with Crippen molar-refractivity contribution in [1.82, 2.24) is 4.90 Å². The van der Waals surface area contributed by atoms with Crippen LogP contribution in [-0.4, -0.2) is 35.6 Å². The third kappa shape index (κ3) is 3.11. The highest BCUT2D eigenvalue weighted by Gasteiger charge is 2.26. The van der Waals surface area contributed by atoms with Crippen LogP contribution in [0.25, 0.3) is 10.8 Å². The molecule has 4 heteroatoms. The number of benzene rings is 2. The van der Waals surface area contributed by atoms with Gasteiger partial charge in [-0.05, 0) is 53.8 Å². The minimum absolute atomic E-state index is 0.0975. The van der Waals surface area contributed by atoms with Gasteiger partial charge in [-0.15, -0.1) is 0 Å². The van der Waals surface area contributed by atoms with Gasteiger partial charge in [-0.3, -0.25) is 4.79 Å². The number of aliphatic hydroxyl groups is 1. The number of carbonyl (C=O) groups excluding carboxylic acids is 1. The van der Waals surface area contributed by atoms with E-state index in [4.69, 9.17) is 5.11 Å². The Balaban J connectivity index is 1.80. The summed E-state index contributed by atoms with van der Waals surface area (Å²) in [5, 5.41) is 11.2. The number of fused-ring (bicyclic) bond motifs is 1. The molecule has 1 atom stereocenters. The molecule has 1 aliphatic heterocycles. The van der Waals surface area contributed by atoms with Crippen LogP contribution in [0.4, 0.5) is 0 Å². The van der Waals surface area contributed by atoms with Crippen molar-refractivity contribution in [2.75, 3.05) is 19.7 Å². The fraction of sp³-hybridized carbons (Fsp3) is 0.353. The summed E-state index contributed by atoms with van der Waals surface area (Å²) in [5.41, 5.74) is 0.745. The maximum Gasteiger partial charge on any atom is 0.253 e. The number of rotatable bonds is 3. The Kier molecular flexibility index (Phi) is 4.27. The molecule has 2 aromatic rings. The summed E-state index contributed by atoms with van der Waals surface area (Å²) in [5.74, 6) is 0.538. The average molecular weight is 348 g/mol. The van der Waals surface area contributed by atoms with Crippen molar-refractivity contribution in [2.45, 2.75) is 12.8 Å². The smallest absolute Gasteiger partial charge is 0.253 e. The van der Waals surface area contributed by atoms with Crippen LogP contribution in [0.3, 0.4) is 0 Å². The summed E-state index contributed by atoms with van der Waals surface area (Å²) in [6.07, 6.45) is 1.78. The highest BCUT2D eigenvalue weighted by atomic mass is 79.9. The lowest BCUT2D eigenvalue weighted by Crippen LogP contribution is -2.28. The second-order valence-corrected chi connectivity index (χ2v) is 6.54. The maximum absolute atomic E-state index is 12.6. The van der Waals surface area contributed by atoms with Gasteiger partial charge in [0.05, 0.1) is 0 Å². The minimum atomic E-state index is 0.0975. The van der Waals surface area contributed by atoms with Crippen LogP contribution in [0, 0.1) is 5.92 Å². The largest absolute Gasteiger partial charge is 0.396 e. The van der Waals surface area contributed by atoms with Crippen molar-refractivity contribution >= 4 is 32.6 Å². The number of halogens is 1. The van der Waals surface area contributed by atoms with Gasteiger partial charge < -0.3 is 10.0 Å². The van der Waals surface area contributed by atoms with Gasteiger partial charge in [-0.1, -0.05) is 28.1 Å². The lowest BCUT2D eigenvalue weighted by Gasteiger charge is -2.17. The molecule has 1 fully saturated rings. The third-order valence-electron chi connectivity index (χ3n) is 4.16. The first-order valence-corrected chi connectivity index (χ1v) is 8.06. The second kappa shape index (κ2) is 6.16. The van der Waals surface area contributed by atoms with Gasteiger partial charge in [0.1, 0.15) is 0 Å². The van der Waals surface area contributed by atoms with Crippen LogP contribution in [-0.2, 0) is 0 Å². The summed E-state index contributed by atoms with van der Waals surface area (Å²) in [6.45, 7) is 1.76. The molecule has 0 bridgehead atoms. The molecule has 110 valence electrons. The Morgan fingerprint density at radius 2 is 2.00 bits per heavy atom. The van der Waals surface area contributed by atoms with E-state index in [1.54, 1.807) is 0 Å². The van der Waals surface area contributed by atoms with E-state index >= 15 is 0 Å². The van der Waals surface area contributed by atoms with Gasteiger partial charge >= 0.3 is 0 Å². The topological polar surface area (TPSA) is 40.5 Å². The molecule has 2 aromatic carbocycles. The molecule has 1 aliphatic rings. The molecule has 0 radical (unpaired) electrons. The first-order valence-electron chi connectivity index (χ1n) is 7.27. The number of aliphatic hydroxyl groups excluding tert-OH is 1. The van der Waals surface area contributed by atoms with Crippen molar-refractivity contribution in [3.8, 4) is 0 Å². The van der Waals surface area contributed by atoms with E-state index in [0.717, 1.165) is 46.7 Å². The number of amides is 1. The molecule has 3 rings (SSSR count). The number of likely N-dealkylation sites (tertiary alicyclic amines) is 1. The lowest BCUT2D eigenvalue weighted by atomic mass is 10.1. The van der Waals surface area contributed by atoms with E-state index in [1.807, 2.05) is 35.2 Å². The zero-order valence-electron chi connectivity index (χ0n) is 11.8. The summed E-state index contributed by atoms with van der Waals surface area (Å²) < 4.78 is 1.04. The zero-order chi connectivity index (χ0) is 14.8. The standard InChI is InChI=1S/C17H18BrNO2/c18-16-4-3-13-9-15(2-1-14(13)10-16)17(21)19-7-5-12(11-19)6-8-20/h1-4,9-10,12,20H,5-8,11H2. The Labute approximate surface area is 132 Å². The maximum atomic E-state index is 12.6. The molecule has 1 amide bonds. The number of hydrogen-bond acceptors (Lipinski definition) is 2. The molecule has 1 saturated heterocycles. The number of carbonyl (C=O) groups is 1. The second-order valence-electron chi connectivity index (χ2n) is 5.62. The minimum Gasteiger partial charge on any atom is -0.396 e. The van der Waals surface area contributed by atoms with E-state index in [2.05, 4.69) is 22.0 Å². The number of nitrogens with zero attached hydrogens (tertiary/aromatic N) is 1. The van der Waals surface area contributed by atoms with Crippen molar-refractivity contribution in [3.63, 3.8) is 0 Å². The molecule has 0 saturated carbocycles. The van der Waals surface area contributed by atoms with Crippen molar-refractivity contribution in [1.29, 1.82) is 0 Å². The van der Waals surface area contributed by atoms with Gasteiger partial charge in [-0.25, -0.2) is 0 Å². The van der Waals surface area contributed by atoms with Crippen molar-refractivity contribution < 1.29 is 9.90 Å². The Morgan fingerprint density at radius 1 is 1.24 bits per heavy atom. The highest BCUT2D eigenvalue weighted by Crippen LogP contribution is 2.24. The third-order valence-corrected chi connectivity index (χ3v) is 4.65. The first-order chi connectivity index (χ1) is 10.2. The average Bonchev–Trinajstić information content (AvgIpc) is 2.95. The Bertz CT molecular complexity index is 671. The molecule has 21 heavy (non-hydrogen) atoms. The summed E-state index contributed by atoms with van der Waals surface area (Å²) in [7, 11) is 0. The van der Waals surface area contributed by atoms with E-state index in [-0.39, 0.29) is 12.5 Å². The monoisotopic (exact) mass is 347 g/mol. The molecule has 1 N–H and O–H groups in total. The van der Waals surface area contributed by atoms with Crippen LogP contribution >= 0.6 is 15.9 Å². The van der Waals surface area contributed by atoms with E-state index < -0.39 is 0 Å². The summed E-state index contributed by atoms with van der Waals surface area (Å²) >= 11 is 3.46. The van der Waals surface area contributed by atoms with E-state index in [0.29, 0.717) is 5.92 Å². The SMILES string of the molecule is O=C(c1ccc2cc(Br)ccc2c1)N1CCC(CCO)C1. The highest BCUT2D eigenvalue weighted by molar-refractivity contribution is 9.10. The molecule has 0 aliphatic carbocycles. The van der Waals surface area contributed by atoms with Crippen LogP contribution < -0.4 is 0 Å². The molecule has 0 aromatic heterocycles. The fourth-order valence-corrected chi connectivity index (χ4v) is 3.35. The lowest BCUT2D eigenvalue weighted by molar-refractivity contribution is 0.0785. The van der Waals surface area contributed by atoms with Gasteiger partial charge in [0, 0.05) is 29.7 Å². The molecule has 1 heterocycles. The van der Waals surface area contributed by atoms with Crippen LogP contribution in [0.1, 0.15) is 23.2 Å². The quantitative estimate of drug-likeness (QED) is 0.923. The van der Waals surface area contributed by atoms with Crippen LogP contribution in [0.5, 0.6) is 0 Å². The van der Waals surface area contributed by atoms with Gasteiger partial charge in [0.2, 0.25) is 0 Å². The molecule has 0 spiro atoms. The molecule has 1 unspecified atom stereocenters. The first kappa shape index (κ1) is 14.5. The predicted octanol–water partition coefficient (Wildman–Crippen LogP) is 3.45. The normalized spacial score (nSPS) is 18.4. The van der Waals surface area contributed by atoms with Gasteiger partial charge in [-0.2, -0.15) is 0 Å². The molecular formula is C17H18BrNO2. The van der Waals surface area contributed by atoms with Crippen molar-refractivity contribution in [2.24, 2.45) is 5.92 Å². The van der Waals surface area contributed by atoms with E-state index in [9.17, 15) is 4.79 Å².